The zero-order chi connectivity index (χ0) is 13.1. The van der Waals surface area contributed by atoms with Gasteiger partial charge >= 0.3 is 6.18 Å². The van der Waals surface area contributed by atoms with E-state index in [4.69, 9.17) is 11.6 Å². The first-order valence-electron chi connectivity index (χ1n) is 5.08. The number of hydrogen-bond donors (Lipinski definition) is 1. The molecule has 0 saturated carbocycles. The van der Waals surface area contributed by atoms with Gasteiger partial charge in [0.2, 0.25) is 0 Å². The molecule has 1 aromatic rings. The molecule has 1 heterocycles. The van der Waals surface area contributed by atoms with Crippen LogP contribution in [0.2, 0.25) is 0 Å². The smallest absolute Gasteiger partial charge is 0.369 e. The number of halogens is 4. The van der Waals surface area contributed by atoms with Crippen molar-refractivity contribution in [1.82, 2.24) is 4.98 Å². The first-order chi connectivity index (χ1) is 7.76. The summed E-state index contributed by atoms with van der Waals surface area (Å²) in [5.41, 5.74) is -1.05. The third-order valence-electron chi connectivity index (χ3n) is 2.21. The number of hydrogen-bond acceptors (Lipinski definition) is 2. The number of rotatable bonds is 4. The molecule has 6 heteroatoms. The second-order valence-electron chi connectivity index (χ2n) is 4.55. The largest absolute Gasteiger partial charge is 0.419 e. The molecule has 0 radical (unpaired) electrons. The van der Waals surface area contributed by atoms with Crippen LogP contribution in [0.5, 0.6) is 0 Å². The molecule has 0 atom stereocenters. The Kier molecular flexibility index (Phi) is 4.25. The van der Waals surface area contributed by atoms with Gasteiger partial charge < -0.3 is 5.32 Å². The fourth-order valence-corrected chi connectivity index (χ4v) is 1.24. The predicted octanol–water partition coefficient (Wildman–Crippen LogP) is 3.78. The lowest BCUT2D eigenvalue weighted by Crippen LogP contribution is -2.26. The van der Waals surface area contributed by atoms with Crippen LogP contribution in [-0.2, 0) is 6.18 Å². The summed E-state index contributed by atoms with van der Waals surface area (Å²) in [7, 11) is 0. The lowest BCUT2D eigenvalue weighted by Gasteiger charge is -2.23. The lowest BCUT2D eigenvalue weighted by molar-refractivity contribution is -0.137. The maximum absolute atomic E-state index is 12.6. The molecule has 1 N–H and O–H groups in total. The molecule has 0 fully saturated rings. The summed E-state index contributed by atoms with van der Waals surface area (Å²) in [6.07, 6.45) is -3.08. The molecule has 0 bridgehead atoms. The Balaban J connectivity index is 2.85. The third-order valence-corrected chi connectivity index (χ3v) is 2.93. The standard InChI is InChI=1S/C11H14ClF3N2/c1-10(2,6-12)7-17-9-8(11(13,14)15)4-3-5-16-9/h3-5H,6-7H2,1-2H3,(H,16,17). The second-order valence-corrected chi connectivity index (χ2v) is 4.82. The van der Waals surface area contributed by atoms with Crippen molar-refractivity contribution in [2.24, 2.45) is 5.41 Å². The van der Waals surface area contributed by atoms with Gasteiger partial charge in [-0.1, -0.05) is 13.8 Å². The van der Waals surface area contributed by atoms with Crippen molar-refractivity contribution in [3.63, 3.8) is 0 Å². The second kappa shape index (κ2) is 5.12. The van der Waals surface area contributed by atoms with E-state index < -0.39 is 11.7 Å². The Labute approximate surface area is 103 Å². The fraction of sp³-hybridized carbons (Fsp3) is 0.545. The van der Waals surface area contributed by atoms with E-state index in [0.717, 1.165) is 6.07 Å². The molecule has 0 spiro atoms. The Morgan fingerprint density at radius 3 is 2.53 bits per heavy atom. The zero-order valence-electron chi connectivity index (χ0n) is 9.61. The van der Waals surface area contributed by atoms with Crippen molar-refractivity contribution >= 4 is 17.4 Å². The molecule has 0 saturated heterocycles. The molecule has 0 aliphatic heterocycles. The average Bonchev–Trinajstić information content (AvgIpc) is 2.26. The summed E-state index contributed by atoms with van der Waals surface area (Å²) in [4.78, 5) is 3.71. The van der Waals surface area contributed by atoms with Crippen LogP contribution in [0.15, 0.2) is 18.3 Å². The van der Waals surface area contributed by atoms with Gasteiger partial charge in [0.25, 0.3) is 0 Å². The van der Waals surface area contributed by atoms with E-state index in [1.807, 2.05) is 13.8 Å². The van der Waals surface area contributed by atoms with Crippen LogP contribution in [0.3, 0.4) is 0 Å². The van der Waals surface area contributed by atoms with E-state index in [1.54, 1.807) is 0 Å². The van der Waals surface area contributed by atoms with Gasteiger partial charge in [0, 0.05) is 18.6 Å². The molecule has 0 aliphatic rings. The van der Waals surface area contributed by atoms with E-state index in [2.05, 4.69) is 10.3 Å². The van der Waals surface area contributed by atoms with Crippen molar-refractivity contribution in [1.29, 1.82) is 0 Å². The summed E-state index contributed by atoms with van der Waals surface area (Å²) in [5.74, 6) is 0.201. The van der Waals surface area contributed by atoms with Crippen molar-refractivity contribution in [2.45, 2.75) is 20.0 Å². The molecule has 0 aliphatic carbocycles. The van der Waals surface area contributed by atoms with Gasteiger partial charge in [0.05, 0.1) is 5.56 Å². The molecule has 96 valence electrons. The fourth-order valence-electron chi connectivity index (χ4n) is 1.15. The van der Waals surface area contributed by atoms with Crippen LogP contribution < -0.4 is 5.32 Å². The van der Waals surface area contributed by atoms with Crippen molar-refractivity contribution in [3.8, 4) is 0 Å². The highest BCUT2D eigenvalue weighted by Crippen LogP contribution is 2.33. The number of nitrogens with zero attached hydrogens (tertiary/aromatic N) is 1. The molecule has 1 aromatic heterocycles. The highest BCUT2D eigenvalue weighted by molar-refractivity contribution is 6.18. The minimum Gasteiger partial charge on any atom is -0.369 e. The molecule has 2 nitrogen and oxygen atoms in total. The zero-order valence-corrected chi connectivity index (χ0v) is 10.4. The molecular formula is C11H14ClF3N2. The predicted molar refractivity (Wildman–Crippen MR) is 62.2 cm³/mol. The van der Waals surface area contributed by atoms with Crippen LogP contribution in [0.4, 0.5) is 19.0 Å². The number of anilines is 1. The molecule has 17 heavy (non-hydrogen) atoms. The number of alkyl halides is 4. The Morgan fingerprint density at radius 1 is 1.35 bits per heavy atom. The monoisotopic (exact) mass is 266 g/mol. The maximum atomic E-state index is 12.6. The average molecular weight is 267 g/mol. The SMILES string of the molecule is CC(C)(CCl)CNc1ncccc1C(F)(F)F. The summed E-state index contributed by atoms with van der Waals surface area (Å²) in [6.45, 7) is 4.06. The summed E-state index contributed by atoms with van der Waals surface area (Å²) in [6, 6.07) is 2.27. The summed E-state index contributed by atoms with van der Waals surface area (Å²) in [5, 5.41) is 2.70. The van der Waals surface area contributed by atoms with Crippen LogP contribution in [-0.4, -0.2) is 17.4 Å². The Morgan fingerprint density at radius 2 is 2.00 bits per heavy atom. The highest BCUT2D eigenvalue weighted by Gasteiger charge is 2.34. The van der Waals surface area contributed by atoms with Crippen LogP contribution in [0.1, 0.15) is 19.4 Å². The van der Waals surface area contributed by atoms with Crippen LogP contribution in [0.25, 0.3) is 0 Å². The molecular weight excluding hydrogens is 253 g/mol. The van der Waals surface area contributed by atoms with Gasteiger partial charge in [-0.3, -0.25) is 0 Å². The molecule has 1 rings (SSSR count). The van der Waals surface area contributed by atoms with Gasteiger partial charge in [-0.15, -0.1) is 11.6 Å². The Bertz CT molecular complexity index is 377. The van der Waals surface area contributed by atoms with E-state index in [-0.39, 0.29) is 11.2 Å². The van der Waals surface area contributed by atoms with E-state index in [1.165, 1.54) is 12.3 Å². The maximum Gasteiger partial charge on any atom is 0.419 e. The minimum atomic E-state index is -4.40. The van der Waals surface area contributed by atoms with Crippen molar-refractivity contribution in [2.75, 3.05) is 17.7 Å². The quantitative estimate of drug-likeness (QED) is 0.839. The lowest BCUT2D eigenvalue weighted by atomic mass is 9.96. The van der Waals surface area contributed by atoms with Gasteiger partial charge in [0.1, 0.15) is 5.82 Å². The molecule has 0 aromatic carbocycles. The molecule has 0 unspecified atom stereocenters. The Hall–Kier alpha value is -0.970. The first-order valence-corrected chi connectivity index (χ1v) is 5.62. The minimum absolute atomic E-state index is 0.154. The normalized spacial score (nSPS) is 12.6. The van der Waals surface area contributed by atoms with Crippen LogP contribution in [0, 0.1) is 5.41 Å². The van der Waals surface area contributed by atoms with Crippen molar-refractivity contribution in [3.05, 3.63) is 23.9 Å². The first kappa shape index (κ1) is 14.1. The van der Waals surface area contributed by atoms with Gasteiger partial charge in [0.15, 0.2) is 0 Å². The van der Waals surface area contributed by atoms with E-state index in [9.17, 15) is 13.2 Å². The van der Waals surface area contributed by atoms with Crippen molar-refractivity contribution < 1.29 is 13.2 Å². The van der Waals surface area contributed by atoms with E-state index >= 15 is 0 Å². The topological polar surface area (TPSA) is 24.9 Å². The van der Waals surface area contributed by atoms with Gasteiger partial charge in [-0.2, -0.15) is 13.2 Å². The van der Waals surface area contributed by atoms with Gasteiger partial charge in [-0.05, 0) is 17.5 Å². The number of aromatic nitrogens is 1. The number of nitrogens with one attached hydrogen (secondary N) is 1. The van der Waals surface area contributed by atoms with Crippen LogP contribution >= 0.6 is 11.6 Å². The van der Waals surface area contributed by atoms with E-state index in [0.29, 0.717) is 12.4 Å². The summed E-state index contributed by atoms with van der Waals surface area (Å²) >= 11 is 5.71. The highest BCUT2D eigenvalue weighted by atomic mass is 35.5. The summed E-state index contributed by atoms with van der Waals surface area (Å²) < 4.78 is 37.9. The molecule has 0 amide bonds. The van der Waals surface area contributed by atoms with Gasteiger partial charge in [-0.25, -0.2) is 4.98 Å². The number of pyridine rings is 1. The third kappa shape index (κ3) is 4.07.